The molecule has 4 heteroatoms. The average molecular weight is 166 g/mol. The maximum Gasteiger partial charge on any atom is 0.387 e. The maximum absolute atomic E-state index is 10.5. The molecule has 12 heavy (non-hydrogen) atoms. The van der Waals surface area contributed by atoms with Gasteiger partial charge in [0, 0.05) is 0 Å². The number of hydrogen-bond acceptors (Lipinski definition) is 3. The summed E-state index contributed by atoms with van der Waals surface area (Å²) in [5.41, 5.74) is 0. The Bertz CT molecular complexity index is 278. The van der Waals surface area contributed by atoms with Crippen LogP contribution in [0.3, 0.4) is 0 Å². The zero-order valence-corrected chi connectivity index (χ0v) is 6.06. The fourth-order valence-electron chi connectivity index (χ4n) is 0.969. The third-order valence-electron chi connectivity index (χ3n) is 1.51. The molecule has 1 N–H and O–H groups in total. The molecule has 0 saturated heterocycles. The van der Waals surface area contributed by atoms with Crippen molar-refractivity contribution in [3.8, 4) is 11.5 Å². The molecule has 0 saturated carbocycles. The molecule has 0 atom stereocenters. The minimum absolute atomic E-state index is 0.503. The Kier molecular flexibility index (Phi) is 1.40. The highest BCUT2D eigenvalue weighted by Gasteiger charge is 2.23. The summed E-state index contributed by atoms with van der Waals surface area (Å²) in [6.45, 7) is 0. The van der Waals surface area contributed by atoms with Gasteiger partial charge in [0.25, 0.3) is 0 Å². The topological polar surface area (TPSA) is 55.8 Å². The summed E-state index contributed by atoms with van der Waals surface area (Å²) in [5.74, 6) is -0.121. The number of carboxylic acids is 1. The molecular weight excluding hydrogens is 160 g/mol. The normalized spacial score (nSPS) is 14.7. The first-order chi connectivity index (χ1) is 5.75. The summed E-state index contributed by atoms with van der Waals surface area (Å²) < 4.78 is 9.93. The highest BCUT2D eigenvalue weighted by molar-refractivity contribution is 5.72. The van der Waals surface area contributed by atoms with Gasteiger partial charge in [-0.15, -0.1) is 0 Å². The summed E-state index contributed by atoms with van der Waals surface area (Å²) in [4.78, 5) is 10.5. The predicted molar refractivity (Wildman–Crippen MR) is 39.1 cm³/mol. The molecule has 0 aromatic heterocycles. The Morgan fingerprint density at radius 3 is 1.92 bits per heavy atom. The van der Waals surface area contributed by atoms with Gasteiger partial charge in [0.2, 0.25) is 0 Å². The van der Waals surface area contributed by atoms with Crippen LogP contribution in [-0.2, 0) is 4.79 Å². The number of rotatable bonds is 1. The second-order valence-electron chi connectivity index (χ2n) is 2.38. The molecule has 2 aliphatic rings. The highest BCUT2D eigenvalue weighted by Crippen LogP contribution is 2.24. The molecule has 0 radical (unpaired) electrons. The number of carboxylic acid groups (broad SMARTS) is 1. The zero-order valence-electron chi connectivity index (χ0n) is 6.06. The summed E-state index contributed by atoms with van der Waals surface area (Å²) in [5, 5.41) is 8.59. The number of benzene rings is 1. The van der Waals surface area contributed by atoms with E-state index < -0.39 is 12.3 Å². The van der Waals surface area contributed by atoms with E-state index in [1.165, 1.54) is 0 Å². The lowest BCUT2D eigenvalue weighted by Crippen LogP contribution is -2.31. The van der Waals surface area contributed by atoms with Crippen molar-refractivity contribution >= 4 is 5.97 Å². The molecule has 0 spiro atoms. The zero-order chi connectivity index (χ0) is 8.55. The summed E-state index contributed by atoms with van der Waals surface area (Å²) >= 11 is 0. The van der Waals surface area contributed by atoms with Crippen LogP contribution in [0, 0.1) is 0 Å². The van der Waals surface area contributed by atoms with Crippen LogP contribution < -0.4 is 9.47 Å². The van der Waals surface area contributed by atoms with Crippen LogP contribution in [0.15, 0.2) is 24.3 Å². The molecule has 1 aromatic rings. The molecular formula is C8H6O4. The minimum atomic E-state index is -1.22. The molecule has 62 valence electrons. The van der Waals surface area contributed by atoms with E-state index in [0.717, 1.165) is 0 Å². The summed E-state index contributed by atoms with van der Waals surface area (Å²) in [6, 6.07) is 6.66. The second-order valence-corrected chi connectivity index (χ2v) is 2.38. The van der Waals surface area contributed by atoms with Crippen LogP contribution in [0.5, 0.6) is 11.5 Å². The molecule has 2 heterocycles. The maximum atomic E-state index is 10.5. The van der Waals surface area contributed by atoms with Gasteiger partial charge >= 0.3 is 12.3 Å². The van der Waals surface area contributed by atoms with Gasteiger partial charge in [0.05, 0.1) is 0 Å². The highest BCUT2D eigenvalue weighted by atomic mass is 16.7. The van der Waals surface area contributed by atoms with Crippen molar-refractivity contribution in [2.45, 2.75) is 6.29 Å². The van der Waals surface area contributed by atoms with Gasteiger partial charge in [0.1, 0.15) is 11.5 Å². The Labute approximate surface area is 68.3 Å². The van der Waals surface area contributed by atoms with E-state index >= 15 is 0 Å². The summed E-state index contributed by atoms with van der Waals surface area (Å²) in [6.07, 6.45) is -1.22. The average Bonchev–Trinajstić information content (AvgIpc) is 2.36. The molecule has 3 rings (SSSR count). The number of carbonyl (C=O) groups is 1. The largest absolute Gasteiger partial charge is 0.476 e. The molecule has 0 aliphatic carbocycles. The lowest BCUT2D eigenvalue weighted by Gasteiger charge is -2.10. The van der Waals surface area contributed by atoms with E-state index in [9.17, 15) is 4.79 Å². The number of hydrogen-bond donors (Lipinski definition) is 1. The number of fused-ring (bicyclic) bond motifs is 4. The third-order valence-corrected chi connectivity index (χ3v) is 1.51. The summed E-state index contributed by atoms with van der Waals surface area (Å²) in [7, 11) is 0. The van der Waals surface area contributed by atoms with Crippen LogP contribution in [0.4, 0.5) is 0 Å². The van der Waals surface area contributed by atoms with E-state index in [-0.39, 0.29) is 0 Å². The van der Waals surface area contributed by atoms with Crippen LogP contribution in [0.2, 0.25) is 0 Å². The van der Waals surface area contributed by atoms with Crippen molar-refractivity contribution in [2.75, 3.05) is 0 Å². The Hall–Kier alpha value is -1.71. The molecule has 4 nitrogen and oxygen atoms in total. The van der Waals surface area contributed by atoms with Gasteiger partial charge < -0.3 is 14.6 Å². The van der Waals surface area contributed by atoms with Crippen molar-refractivity contribution in [3.63, 3.8) is 0 Å². The van der Waals surface area contributed by atoms with E-state index in [2.05, 4.69) is 0 Å². The van der Waals surface area contributed by atoms with Gasteiger partial charge in [0.15, 0.2) is 0 Å². The van der Waals surface area contributed by atoms with Crippen LogP contribution in [-0.4, -0.2) is 17.4 Å². The standard InChI is InChI=1S/C8H6O4/c9-7(10)8-11-5-1-2-6(12-8)4-3-5/h1-4,8H,(H,9,10). The molecule has 2 aliphatic heterocycles. The SMILES string of the molecule is O=C(O)C1Oc2ccc(cc2)O1. The molecule has 0 amide bonds. The number of aliphatic carboxylic acids is 1. The molecule has 1 aromatic carbocycles. The van der Waals surface area contributed by atoms with Crippen LogP contribution >= 0.6 is 0 Å². The molecule has 2 bridgehead atoms. The quantitative estimate of drug-likeness (QED) is 0.672. The van der Waals surface area contributed by atoms with Gasteiger partial charge in [-0.25, -0.2) is 4.79 Å². The number of ether oxygens (including phenoxy) is 2. The predicted octanol–water partition coefficient (Wildman–Crippen LogP) is 0.868. The van der Waals surface area contributed by atoms with Crippen molar-refractivity contribution in [1.82, 2.24) is 0 Å². The molecule has 0 fully saturated rings. The van der Waals surface area contributed by atoms with Crippen molar-refractivity contribution < 1.29 is 19.4 Å². The van der Waals surface area contributed by atoms with Gasteiger partial charge in [-0.2, -0.15) is 0 Å². The Morgan fingerprint density at radius 2 is 1.58 bits per heavy atom. The smallest absolute Gasteiger partial charge is 0.387 e. The van der Waals surface area contributed by atoms with Gasteiger partial charge in [-0.05, 0) is 24.3 Å². The van der Waals surface area contributed by atoms with Crippen LogP contribution in [0.25, 0.3) is 0 Å². The lowest BCUT2D eigenvalue weighted by molar-refractivity contribution is -0.158. The fraction of sp³-hybridized carbons (Fsp3) is 0.125. The lowest BCUT2D eigenvalue weighted by atomic mass is 10.3. The second kappa shape index (κ2) is 2.41. The Morgan fingerprint density at radius 1 is 1.17 bits per heavy atom. The Balaban J connectivity index is 2.32. The first kappa shape index (κ1) is 6.97. The van der Waals surface area contributed by atoms with E-state index in [0.29, 0.717) is 11.5 Å². The monoisotopic (exact) mass is 166 g/mol. The first-order valence-corrected chi connectivity index (χ1v) is 3.42. The van der Waals surface area contributed by atoms with E-state index in [1.54, 1.807) is 24.3 Å². The van der Waals surface area contributed by atoms with E-state index in [1.807, 2.05) is 0 Å². The minimum Gasteiger partial charge on any atom is -0.476 e. The van der Waals surface area contributed by atoms with Crippen molar-refractivity contribution in [2.24, 2.45) is 0 Å². The van der Waals surface area contributed by atoms with Crippen LogP contribution in [0.1, 0.15) is 0 Å². The molecule has 0 unspecified atom stereocenters. The van der Waals surface area contributed by atoms with E-state index in [4.69, 9.17) is 14.6 Å². The van der Waals surface area contributed by atoms with Crippen molar-refractivity contribution in [1.29, 1.82) is 0 Å². The van der Waals surface area contributed by atoms with Crippen molar-refractivity contribution in [3.05, 3.63) is 24.3 Å². The fourth-order valence-corrected chi connectivity index (χ4v) is 0.969. The van der Waals surface area contributed by atoms with Gasteiger partial charge in [-0.3, -0.25) is 0 Å². The third kappa shape index (κ3) is 1.07. The van der Waals surface area contributed by atoms with Gasteiger partial charge in [-0.1, -0.05) is 0 Å². The first-order valence-electron chi connectivity index (χ1n) is 3.42.